The van der Waals surface area contributed by atoms with E-state index in [-0.39, 0.29) is 18.0 Å². The first kappa shape index (κ1) is 14.9. The molecular formula is C19H23NO3. The van der Waals surface area contributed by atoms with Gasteiger partial charge in [-0.2, -0.15) is 0 Å². The van der Waals surface area contributed by atoms with Crippen molar-refractivity contribution in [2.24, 2.45) is 29.6 Å². The fourth-order valence-electron chi connectivity index (χ4n) is 4.80. The van der Waals surface area contributed by atoms with E-state index in [2.05, 4.69) is 17.1 Å². The van der Waals surface area contributed by atoms with Crippen molar-refractivity contribution in [1.29, 1.82) is 0 Å². The monoisotopic (exact) mass is 313 g/mol. The summed E-state index contributed by atoms with van der Waals surface area (Å²) in [4.78, 5) is 16.6. The van der Waals surface area contributed by atoms with Crippen LogP contribution in [0.4, 0.5) is 0 Å². The van der Waals surface area contributed by atoms with Crippen LogP contribution in [0.25, 0.3) is 6.08 Å². The maximum absolute atomic E-state index is 12.2. The molecule has 4 heteroatoms. The smallest absolute Gasteiger partial charge is 0.309 e. The number of ether oxygens (including phenoxy) is 2. The first-order valence-electron chi connectivity index (χ1n) is 8.61. The summed E-state index contributed by atoms with van der Waals surface area (Å²) in [7, 11) is 0. The number of cyclic esters (lactones) is 1. The number of hydrogen-bond donors (Lipinski definition) is 0. The molecule has 23 heavy (non-hydrogen) atoms. The lowest BCUT2D eigenvalue weighted by Crippen LogP contribution is -2.45. The van der Waals surface area contributed by atoms with E-state index in [1.807, 2.05) is 31.3 Å². The van der Waals surface area contributed by atoms with E-state index in [4.69, 9.17) is 9.47 Å². The zero-order valence-corrected chi connectivity index (χ0v) is 13.4. The van der Waals surface area contributed by atoms with Crippen molar-refractivity contribution in [3.8, 4) is 0 Å². The van der Waals surface area contributed by atoms with Gasteiger partial charge in [0.05, 0.1) is 11.6 Å². The van der Waals surface area contributed by atoms with Crippen molar-refractivity contribution in [2.45, 2.75) is 25.9 Å². The molecule has 122 valence electrons. The highest BCUT2D eigenvalue weighted by atomic mass is 16.6. The molecule has 2 aliphatic heterocycles. The Labute approximate surface area is 136 Å². The van der Waals surface area contributed by atoms with Gasteiger partial charge >= 0.3 is 5.97 Å². The summed E-state index contributed by atoms with van der Waals surface area (Å²) >= 11 is 0. The van der Waals surface area contributed by atoms with Gasteiger partial charge in [-0.1, -0.05) is 12.1 Å². The normalized spacial score (nSPS) is 39.8. The van der Waals surface area contributed by atoms with Crippen molar-refractivity contribution >= 4 is 12.0 Å². The van der Waals surface area contributed by atoms with Gasteiger partial charge in [0.2, 0.25) is 0 Å². The van der Waals surface area contributed by atoms with Gasteiger partial charge in [-0.25, -0.2) is 0 Å². The van der Waals surface area contributed by atoms with Crippen LogP contribution in [0.1, 0.15) is 25.5 Å². The number of nitrogens with zero attached hydrogens (tertiary/aromatic N) is 1. The van der Waals surface area contributed by atoms with Crippen LogP contribution in [-0.4, -0.2) is 30.3 Å². The highest BCUT2D eigenvalue weighted by molar-refractivity contribution is 5.75. The Morgan fingerprint density at radius 2 is 2.26 bits per heavy atom. The van der Waals surface area contributed by atoms with Gasteiger partial charge in [-0.15, -0.1) is 0 Å². The van der Waals surface area contributed by atoms with Crippen LogP contribution in [0.3, 0.4) is 0 Å². The largest absolute Gasteiger partial charge is 0.462 e. The number of carbonyl (C=O) groups is 1. The predicted molar refractivity (Wildman–Crippen MR) is 86.3 cm³/mol. The van der Waals surface area contributed by atoms with E-state index in [0.717, 1.165) is 31.7 Å². The van der Waals surface area contributed by atoms with Gasteiger partial charge in [0, 0.05) is 25.3 Å². The zero-order valence-electron chi connectivity index (χ0n) is 13.4. The predicted octanol–water partition coefficient (Wildman–Crippen LogP) is 2.95. The summed E-state index contributed by atoms with van der Waals surface area (Å²) in [6.45, 7) is 3.66. The molecule has 1 unspecified atom stereocenters. The van der Waals surface area contributed by atoms with Gasteiger partial charge in [0.25, 0.3) is 0 Å². The summed E-state index contributed by atoms with van der Waals surface area (Å²) < 4.78 is 11.2. The minimum absolute atomic E-state index is 0.00896. The van der Waals surface area contributed by atoms with Crippen LogP contribution in [0, 0.1) is 29.6 Å². The second-order valence-electron chi connectivity index (χ2n) is 7.04. The molecule has 3 fully saturated rings. The maximum atomic E-state index is 12.2. The molecule has 4 rings (SSSR count). The molecular weight excluding hydrogens is 290 g/mol. The van der Waals surface area contributed by atoms with E-state index in [9.17, 15) is 4.79 Å². The number of hydrogen-bond acceptors (Lipinski definition) is 4. The third-order valence-corrected chi connectivity index (χ3v) is 5.82. The van der Waals surface area contributed by atoms with E-state index in [1.54, 1.807) is 0 Å². The minimum atomic E-state index is -0.0113. The number of esters is 1. The Hall–Kier alpha value is -1.68. The van der Waals surface area contributed by atoms with E-state index in [0.29, 0.717) is 23.7 Å². The van der Waals surface area contributed by atoms with Gasteiger partial charge in [-0.05, 0) is 55.7 Å². The highest BCUT2D eigenvalue weighted by Gasteiger charge is 2.53. The SMILES string of the molecule is C[C@H]1OC(=O)[C@@H]2C[C@@H]3COCCC3[C@H](/C=C/c3ccccn3)[C@H]12. The topological polar surface area (TPSA) is 48.4 Å². The number of fused-ring (bicyclic) bond motifs is 2. The van der Waals surface area contributed by atoms with Crippen LogP contribution < -0.4 is 0 Å². The molecule has 0 radical (unpaired) electrons. The van der Waals surface area contributed by atoms with Crippen molar-refractivity contribution < 1.29 is 14.3 Å². The summed E-state index contributed by atoms with van der Waals surface area (Å²) in [5, 5.41) is 0. The van der Waals surface area contributed by atoms with Crippen LogP contribution in [-0.2, 0) is 14.3 Å². The van der Waals surface area contributed by atoms with E-state index in [1.165, 1.54) is 0 Å². The number of rotatable bonds is 2. The van der Waals surface area contributed by atoms with Gasteiger partial charge in [-0.3, -0.25) is 9.78 Å². The summed E-state index contributed by atoms with van der Waals surface area (Å²) in [6.07, 6.45) is 8.20. The number of pyridine rings is 1. The van der Waals surface area contributed by atoms with E-state index < -0.39 is 0 Å². The molecule has 3 aliphatic rings. The second-order valence-corrected chi connectivity index (χ2v) is 7.04. The lowest BCUT2D eigenvalue weighted by molar-refractivity contribution is -0.144. The molecule has 6 atom stereocenters. The van der Waals surface area contributed by atoms with Gasteiger partial charge in [0.15, 0.2) is 0 Å². The molecule has 0 amide bonds. The van der Waals surface area contributed by atoms with Crippen LogP contribution >= 0.6 is 0 Å². The second kappa shape index (κ2) is 6.08. The zero-order chi connectivity index (χ0) is 15.8. The summed E-state index contributed by atoms with van der Waals surface area (Å²) in [5.41, 5.74) is 0.969. The molecule has 0 spiro atoms. The van der Waals surface area contributed by atoms with Crippen molar-refractivity contribution in [3.05, 3.63) is 36.2 Å². The first-order valence-corrected chi connectivity index (χ1v) is 8.61. The number of carbonyl (C=O) groups excluding carboxylic acids is 1. The quantitative estimate of drug-likeness (QED) is 0.788. The molecule has 0 bridgehead atoms. The molecule has 3 heterocycles. The van der Waals surface area contributed by atoms with Gasteiger partial charge in [0.1, 0.15) is 6.10 Å². The summed E-state index contributed by atoms with van der Waals surface area (Å²) in [5.74, 6) is 1.74. The third-order valence-electron chi connectivity index (χ3n) is 5.82. The number of aromatic nitrogens is 1. The standard InChI is InChI=1S/C19H23NO3/c1-12-18-16(6-5-14-4-2-3-8-20-14)15-7-9-22-11-13(15)10-17(18)19(21)23-12/h2-6,8,12-13,15-18H,7,9-11H2,1H3/b6-5+/t12-,13-,15?,16+,17-,18+/m1/s1. The highest BCUT2D eigenvalue weighted by Crippen LogP contribution is 2.51. The Kier molecular flexibility index (Phi) is 3.93. The fraction of sp³-hybridized carbons (Fsp3) is 0.579. The Bertz CT molecular complexity index is 600. The minimum Gasteiger partial charge on any atom is -0.462 e. The molecule has 1 aromatic rings. The third kappa shape index (κ3) is 2.69. The lowest BCUT2D eigenvalue weighted by atomic mass is 9.60. The van der Waals surface area contributed by atoms with Gasteiger partial charge < -0.3 is 9.47 Å². The molecule has 1 aromatic heterocycles. The first-order chi connectivity index (χ1) is 11.2. The average Bonchev–Trinajstić information content (AvgIpc) is 2.87. The van der Waals surface area contributed by atoms with E-state index >= 15 is 0 Å². The molecule has 2 saturated heterocycles. The Morgan fingerprint density at radius 1 is 1.35 bits per heavy atom. The van der Waals surface area contributed by atoms with Crippen molar-refractivity contribution in [3.63, 3.8) is 0 Å². The molecule has 1 aliphatic carbocycles. The van der Waals surface area contributed by atoms with Crippen molar-refractivity contribution in [1.82, 2.24) is 4.98 Å². The average molecular weight is 313 g/mol. The lowest BCUT2D eigenvalue weighted by Gasteiger charge is -2.45. The molecule has 1 saturated carbocycles. The van der Waals surface area contributed by atoms with Crippen LogP contribution in [0.5, 0.6) is 0 Å². The molecule has 0 aromatic carbocycles. The fourth-order valence-corrected chi connectivity index (χ4v) is 4.80. The number of allylic oxidation sites excluding steroid dienone is 1. The Morgan fingerprint density at radius 3 is 3.09 bits per heavy atom. The Balaban J connectivity index is 1.64. The molecule has 0 N–H and O–H groups in total. The van der Waals surface area contributed by atoms with Crippen LogP contribution in [0.2, 0.25) is 0 Å². The summed E-state index contributed by atoms with van der Waals surface area (Å²) in [6, 6.07) is 5.93. The van der Waals surface area contributed by atoms with Crippen molar-refractivity contribution in [2.75, 3.05) is 13.2 Å². The van der Waals surface area contributed by atoms with Crippen LogP contribution in [0.15, 0.2) is 30.5 Å². The molecule has 4 nitrogen and oxygen atoms in total. The maximum Gasteiger partial charge on any atom is 0.309 e.